The van der Waals surface area contributed by atoms with Crippen molar-refractivity contribution in [1.82, 2.24) is 19.5 Å². The predicted octanol–water partition coefficient (Wildman–Crippen LogP) is 4.55. The molecule has 0 radical (unpaired) electrons. The average Bonchev–Trinajstić information content (AvgIpc) is 3.41. The zero-order valence-corrected chi connectivity index (χ0v) is 19.4. The summed E-state index contributed by atoms with van der Waals surface area (Å²) in [5.41, 5.74) is 0.171. The fraction of sp³-hybridized carbons (Fsp3) is 0.542. The van der Waals surface area contributed by atoms with E-state index in [-0.39, 0.29) is 23.7 Å². The van der Waals surface area contributed by atoms with Gasteiger partial charge in [0.2, 0.25) is 11.9 Å². The number of para-hydroxylation sites is 1. The van der Waals surface area contributed by atoms with Gasteiger partial charge in [0, 0.05) is 25.3 Å². The largest absolute Gasteiger partial charge is 0.390 e. The lowest BCUT2D eigenvalue weighted by Gasteiger charge is -2.26. The topological polar surface area (TPSA) is 97.1 Å². The Hall–Kier alpha value is -2.85. The highest BCUT2D eigenvalue weighted by atomic mass is 19.1. The normalized spacial score (nSPS) is 21.8. The molecule has 1 aromatic carbocycles. The van der Waals surface area contributed by atoms with E-state index in [2.05, 4.69) is 20.6 Å². The molecule has 0 amide bonds. The molecule has 8 nitrogen and oxygen atoms in total. The van der Waals surface area contributed by atoms with Gasteiger partial charge in [-0.1, -0.05) is 6.07 Å². The maximum Gasteiger partial charge on any atom is 0.224 e. The summed E-state index contributed by atoms with van der Waals surface area (Å²) in [5.74, 6) is -0.373. The van der Waals surface area contributed by atoms with Gasteiger partial charge in [0.25, 0.3) is 0 Å². The van der Waals surface area contributed by atoms with E-state index in [9.17, 15) is 13.9 Å². The van der Waals surface area contributed by atoms with Gasteiger partial charge in [-0.05, 0) is 64.0 Å². The minimum atomic E-state index is -0.717. The van der Waals surface area contributed by atoms with Gasteiger partial charge in [-0.3, -0.25) is 4.57 Å². The number of nitrogens with one attached hydrogen (secondary N) is 2. The van der Waals surface area contributed by atoms with Crippen LogP contribution in [0.4, 0.5) is 26.4 Å². The first-order valence-electron chi connectivity index (χ1n) is 11.8. The van der Waals surface area contributed by atoms with E-state index in [1.54, 1.807) is 6.20 Å². The van der Waals surface area contributed by atoms with Gasteiger partial charge in [-0.25, -0.2) is 18.7 Å². The van der Waals surface area contributed by atoms with Crippen LogP contribution in [0.5, 0.6) is 0 Å². The number of benzene rings is 1. The lowest BCUT2D eigenvalue weighted by atomic mass is 9.90. The molecule has 3 aromatic rings. The van der Waals surface area contributed by atoms with E-state index in [1.165, 1.54) is 18.2 Å². The van der Waals surface area contributed by atoms with E-state index in [4.69, 9.17) is 9.72 Å². The number of rotatable bonds is 6. The maximum atomic E-state index is 14.4. The molecule has 34 heavy (non-hydrogen) atoms. The molecular formula is C24H30F2N6O2. The van der Waals surface area contributed by atoms with Gasteiger partial charge in [0.15, 0.2) is 5.65 Å². The molecule has 1 aliphatic heterocycles. The van der Waals surface area contributed by atoms with E-state index in [1.807, 2.05) is 18.4 Å². The molecule has 0 bridgehead atoms. The Morgan fingerprint density at radius 1 is 1.09 bits per heavy atom. The van der Waals surface area contributed by atoms with Crippen molar-refractivity contribution in [3.63, 3.8) is 0 Å². The Morgan fingerprint density at radius 3 is 2.50 bits per heavy atom. The van der Waals surface area contributed by atoms with Crippen molar-refractivity contribution in [1.29, 1.82) is 0 Å². The lowest BCUT2D eigenvalue weighted by Crippen LogP contribution is -2.30. The predicted molar refractivity (Wildman–Crippen MR) is 125 cm³/mol. The summed E-state index contributed by atoms with van der Waals surface area (Å²) in [7, 11) is 0. The second-order valence-electron chi connectivity index (χ2n) is 9.78. The fourth-order valence-corrected chi connectivity index (χ4v) is 5.00. The van der Waals surface area contributed by atoms with Crippen LogP contribution in [-0.4, -0.2) is 49.5 Å². The van der Waals surface area contributed by atoms with Crippen LogP contribution in [0.3, 0.4) is 0 Å². The molecule has 5 rings (SSSR count). The van der Waals surface area contributed by atoms with Gasteiger partial charge in [0.05, 0.1) is 11.8 Å². The summed E-state index contributed by atoms with van der Waals surface area (Å²) >= 11 is 0. The van der Waals surface area contributed by atoms with Crippen LogP contribution in [0.15, 0.2) is 24.4 Å². The highest BCUT2D eigenvalue weighted by molar-refractivity contribution is 5.76. The van der Waals surface area contributed by atoms with E-state index in [0.29, 0.717) is 36.3 Å². The summed E-state index contributed by atoms with van der Waals surface area (Å²) in [6, 6.07) is 3.92. The molecule has 1 saturated heterocycles. The Balaban J connectivity index is 1.48. The molecule has 3 N–H and O–H groups in total. The number of halogens is 2. The third-order valence-corrected chi connectivity index (χ3v) is 6.95. The van der Waals surface area contributed by atoms with Crippen molar-refractivity contribution in [2.45, 2.75) is 63.6 Å². The minimum Gasteiger partial charge on any atom is -0.390 e. The monoisotopic (exact) mass is 472 g/mol. The number of nitrogens with zero attached hydrogens (tertiary/aromatic N) is 4. The molecule has 2 aliphatic rings. The molecule has 2 fully saturated rings. The maximum absolute atomic E-state index is 14.4. The van der Waals surface area contributed by atoms with Gasteiger partial charge >= 0.3 is 0 Å². The van der Waals surface area contributed by atoms with Crippen LogP contribution in [0.25, 0.3) is 11.2 Å². The average molecular weight is 473 g/mol. The Kier molecular flexibility index (Phi) is 6.11. The van der Waals surface area contributed by atoms with Gasteiger partial charge in [-0.15, -0.1) is 0 Å². The minimum absolute atomic E-state index is 0.0184. The van der Waals surface area contributed by atoms with E-state index >= 15 is 0 Å². The number of aromatic nitrogens is 4. The second kappa shape index (κ2) is 9.07. The molecule has 3 heterocycles. The van der Waals surface area contributed by atoms with Crippen LogP contribution in [0.2, 0.25) is 0 Å². The first kappa shape index (κ1) is 22.9. The van der Waals surface area contributed by atoms with Crippen molar-refractivity contribution < 1.29 is 18.6 Å². The Bertz CT molecular complexity index is 1150. The first-order chi connectivity index (χ1) is 16.3. The number of imidazole rings is 1. The Morgan fingerprint density at radius 2 is 1.82 bits per heavy atom. The molecule has 10 heteroatoms. The highest BCUT2D eigenvalue weighted by Crippen LogP contribution is 2.36. The van der Waals surface area contributed by atoms with Crippen LogP contribution in [0, 0.1) is 17.6 Å². The molecule has 1 saturated carbocycles. The van der Waals surface area contributed by atoms with E-state index < -0.39 is 17.2 Å². The SMILES string of the molecule is CC(C)(O)C1CCC(Nc2ncc3nc(Nc4c(F)cccc4F)n(C4CCOCC4)c3n2)C1. The smallest absolute Gasteiger partial charge is 0.224 e. The third-order valence-electron chi connectivity index (χ3n) is 6.95. The standard InChI is InChI=1S/C24H30F2N6O2/c1-24(2,33)14-6-7-15(12-14)28-22-27-13-19-21(31-22)32(16-8-10-34-11-9-16)23(29-19)30-20-17(25)4-3-5-18(20)26/h3-5,13-16,33H,6-12H2,1-2H3,(H,29,30)(H,27,28,31). The quantitative estimate of drug-likeness (QED) is 0.484. The highest BCUT2D eigenvalue weighted by Gasteiger charge is 2.35. The first-order valence-corrected chi connectivity index (χ1v) is 11.8. The number of fused-ring (bicyclic) bond motifs is 1. The number of anilines is 3. The van der Waals surface area contributed by atoms with Crippen molar-refractivity contribution in [3.05, 3.63) is 36.0 Å². The second-order valence-corrected chi connectivity index (χ2v) is 9.78. The summed E-state index contributed by atoms with van der Waals surface area (Å²) in [6.45, 7) is 4.88. The van der Waals surface area contributed by atoms with Crippen LogP contribution in [0.1, 0.15) is 52.0 Å². The molecule has 182 valence electrons. The van der Waals surface area contributed by atoms with E-state index in [0.717, 1.165) is 32.1 Å². The van der Waals surface area contributed by atoms with Crippen molar-refractivity contribution in [3.8, 4) is 0 Å². The summed E-state index contributed by atoms with van der Waals surface area (Å²) in [4.78, 5) is 13.8. The van der Waals surface area contributed by atoms with Crippen molar-refractivity contribution in [2.75, 3.05) is 23.8 Å². The fourth-order valence-electron chi connectivity index (χ4n) is 5.00. The van der Waals surface area contributed by atoms with Gasteiger partial charge in [-0.2, -0.15) is 4.98 Å². The van der Waals surface area contributed by atoms with Crippen molar-refractivity contribution in [2.24, 2.45) is 5.92 Å². The van der Waals surface area contributed by atoms with Gasteiger partial charge in [0.1, 0.15) is 22.8 Å². The third kappa shape index (κ3) is 4.56. The van der Waals surface area contributed by atoms with Crippen LogP contribution < -0.4 is 10.6 Å². The summed E-state index contributed by atoms with van der Waals surface area (Å²) in [5, 5.41) is 16.6. The molecule has 1 aliphatic carbocycles. The Labute approximate surface area is 196 Å². The number of ether oxygens (including phenoxy) is 1. The number of hydrogen-bond donors (Lipinski definition) is 3. The summed E-state index contributed by atoms with van der Waals surface area (Å²) < 4.78 is 36.1. The number of aliphatic hydroxyl groups is 1. The molecule has 2 unspecified atom stereocenters. The number of hydrogen-bond acceptors (Lipinski definition) is 7. The molecular weight excluding hydrogens is 442 g/mol. The molecule has 0 spiro atoms. The van der Waals surface area contributed by atoms with Gasteiger partial charge < -0.3 is 20.5 Å². The molecule has 2 aromatic heterocycles. The van der Waals surface area contributed by atoms with Crippen LogP contribution >= 0.6 is 0 Å². The van der Waals surface area contributed by atoms with Crippen molar-refractivity contribution >= 4 is 28.7 Å². The lowest BCUT2D eigenvalue weighted by molar-refractivity contribution is 0.0197. The summed E-state index contributed by atoms with van der Waals surface area (Å²) in [6.07, 6.45) is 5.81. The molecule has 2 atom stereocenters. The van der Waals surface area contributed by atoms with Crippen LogP contribution in [-0.2, 0) is 4.74 Å². The zero-order chi connectivity index (χ0) is 23.9. The zero-order valence-electron chi connectivity index (χ0n) is 19.4.